The number of hydrogen-bond acceptors (Lipinski definition) is 5. The zero-order valence-electron chi connectivity index (χ0n) is 11.8. The van der Waals surface area contributed by atoms with E-state index >= 15 is 0 Å². The van der Waals surface area contributed by atoms with Gasteiger partial charge in [-0.3, -0.25) is 5.41 Å². The summed E-state index contributed by atoms with van der Waals surface area (Å²) in [5, 5.41) is 7.34. The maximum Gasteiger partial charge on any atom is 0.179 e. The van der Waals surface area contributed by atoms with Crippen molar-refractivity contribution < 1.29 is 13.2 Å². The molecule has 0 unspecified atom stereocenters. The Hall–Kier alpha value is -1.44. The second kappa shape index (κ2) is 7.37. The van der Waals surface area contributed by atoms with Crippen LogP contribution in [0.1, 0.15) is 5.56 Å². The largest absolute Gasteiger partial charge is 0.384 e. The number of nitrogens with two attached hydrogens (primary N) is 1. The fourth-order valence-electron chi connectivity index (χ4n) is 1.61. The number of benzene rings is 1. The molecule has 0 saturated heterocycles. The van der Waals surface area contributed by atoms with Crippen molar-refractivity contribution in [3.8, 4) is 0 Å². The van der Waals surface area contributed by atoms with Crippen LogP contribution in [0.4, 0.5) is 0 Å². The molecule has 0 saturated carbocycles. The van der Waals surface area contributed by atoms with Crippen molar-refractivity contribution in [3.63, 3.8) is 0 Å². The molecule has 0 aliphatic rings. The fourth-order valence-corrected chi connectivity index (χ4v) is 2.99. The highest BCUT2D eigenvalue weighted by molar-refractivity contribution is 7.91. The van der Waals surface area contributed by atoms with E-state index in [0.29, 0.717) is 25.3 Å². The van der Waals surface area contributed by atoms with Gasteiger partial charge in [-0.15, -0.1) is 0 Å². The summed E-state index contributed by atoms with van der Waals surface area (Å²) in [6.07, 6.45) is 0. The molecule has 0 radical (unpaired) electrons. The minimum atomic E-state index is -3.37. The molecule has 112 valence electrons. The van der Waals surface area contributed by atoms with Crippen LogP contribution in [-0.2, 0) is 14.6 Å². The van der Waals surface area contributed by atoms with Crippen LogP contribution in [0, 0.1) is 5.41 Å². The predicted molar refractivity (Wildman–Crippen MR) is 78.9 cm³/mol. The Bertz CT molecular complexity index is 558. The quantitative estimate of drug-likeness (QED) is 0.532. The van der Waals surface area contributed by atoms with Crippen LogP contribution in [0.25, 0.3) is 0 Å². The van der Waals surface area contributed by atoms with E-state index in [0.717, 1.165) is 0 Å². The molecule has 7 heteroatoms. The van der Waals surface area contributed by atoms with Crippen molar-refractivity contribution in [1.29, 1.82) is 5.41 Å². The Morgan fingerprint density at radius 1 is 1.40 bits per heavy atom. The molecular formula is C13H21N3O3S. The van der Waals surface area contributed by atoms with Crippen molar-refractivity contribution >= 4 is 15.7 Å². The van der Waals surface area contributed by atoms with Crippen molar-refractivity contribution in [2.45, 2.75) is 4.90 Å². The summed E-state index contributed by atoms with van der Waals surface area (Å²) < 4.78 is 29.4. The van der Waals surface area contributed by atoms with Crippen molar-refractivity contribution in [1.82, 2.24) is 4.90 Å². The van der Waals surface area contributed by atoms with E-state index < -0.39 is 9.84 Å². The number of sulfone groups is 1. The zero-order valence-corrected chi connectivity index (χ0v) is 12.6. The maximum absolute atomic E-state index is 12.2. The second-order valence-electron chi connectivity index (χ2n) is 4.56. The molecule has 0 spiro atoms. The average molecular weight is 299 g/mol. The summed E-state index contributed by atoms with van der Waals surface area (Å²) in [7, 11) is 0.0856. The van der Waals surface area contributed by atoms with Gasteiger partial charge in [-0.05, 0) is 19.2 Å². The van der Waals surface area contributed by atoms with Crippen LogP contribution < -0.4 is 5.73 Å². The average Bonchev–Trinajstić information content (AvgIpc) is 2.43. The van der Waals surface area contributed by atoms with Crippen LogP contribution in [0.3, 0.4) is 0 Å². The van der Waals surface area contributed by atoms with Crippen LogP contribution in [0.15, 0.2) is 29.2 Å². The highest BCUT2D eigenvalue weighted by Gasteiger charge is 2.16. The van der Waals surface area contributed by atoms with Crippen LogP contribution in [-0.4, -0.2) is 58.8 Å². The number of likely N-dealkylation sites (N-methyl/N-ethyl adjacent to an activating group) is 1. The van der Waals surface area contributed by atoms with E-state index in [1.807, 2.05) is 11.9 Å². The third-order valence-corrected chi connectivity index (χ3v) is 4.62. The van der Waals surface area contributed by atoms with Gasteiger partial charge in [0.15, 0.2) is 9.84 Å². The SMILES string of the molecule is COCCN(C)CCS(=O)(=O)c1cccc(C(=N)N)c1. The molecule has 0 aromatic heterocycles. The molecule has 0 bridgehead atoms. The molecule has 1 aromatic rings. The van der Waals surface area contributed by atoms with Gasteiger partial charge in [-0.25, -0.2) is 8.42 Å². The molecule has 0 amide bonds. The van der Waals surface area contributed by atoms with E-state index in [1.165, 1.54) is 12.1 Å². The predicted octanol–water partition coefficient (Wildman–Crippen LogP) is 0.323. The van der Waals surface area contributed by atoms with Gasteiger partial charge in [0.25, 0.3) is 0 Å². The standard InChI is InChI=1S/C13H21N3O3S/c1-16(6-8-19-2)7-9-20(17,18)12-5-3-4-11(10-12)13(14)15/h3-5,10H,6-9H2,1-2H3,(H3,14,15). The van der Waals surface area contributed by atoms with Gasteiger partial charge in [0.2, 0.25) is 0 Å². The number of rotatable bonds is 8. The van der Waals surface area contributed by atoms with Gasteiger partial charge >= 0.3 is 0 Å². The number of ether oxygens (including phenoxy) is 1. The van der Waals surface area contributed by atoms with E-state index in [2.05, 4.69) is 0 Å². The smallest absolute Gasteiger partial charge is 0.179 e. The molecule has 0 fully saturated rings. The van der Waals surface area contributed by atoms with E-state index in [9.17, 15) is 8.42 Å². The molecule has 3 N–H and O–H groups in total. The first-order valence-corrected chi connectivity index (χ1v) is 7.87. The van der Waals surface area contributed by atoms with E-state index in [4.69, 9.17) is 15.9 Å². The third kappa shape index (κ3) is 4.92. The first-order chi connectivity index (χ1) is 9.36. The Kier molecular flexibility index (Phi) is 6.12. The maximum atomic E-state index is 12.2. The third-order valence-electron chi connectivity index (χ3n) is 2.92. The number of nitrogen functional groups attached to an aromatic ring is 1. The Labute approximate surface area is 120 Å². The van der Waals surface area contributed by atoms with Crippen LogP contribution in [0.2, 0.25) is 0 Å². The van der Waals surface area contributed by atoms with Gasteiger partial charge in [0.05, 0.1) is 17.3 Å². The Balaban J connectivity index is 2.74. The minimum Gasteiger partial charge on any atom is -0.384 e. The van der Waals surface area contributed by atoms with E-state index in [1.54, 1.807) is 19.2 Å². The lowest BCUT2D eigenvalue weighted by molar-refractivity contribution is 0.164. The summed E-state index contributed by atoms with van der Waals surface area (Å²) >= 11 is 0. The zero-order chi connectivity index (χ0) is 15.2. The molecule has 0 atom stereocenters. The highest BCUT2D eigenvalue weighted by Crippen LogP contribution is 2.13. The van der Waals surface area contributed by atoms with Gasteiger partial charge in [0.1, 0.15) is 5.84 Å². The number of nitrogens with zero attached hydrogens (tertiary/aromatic N) is 1. The first kappa shape index (κ1) is 16.6. The first-order valence-electron chi connectivity index (χ1n) is 6.21. The lowest BCUT2D eigenvalue weighted by Crippen LogP contribution is -2.28. The Morgan fingerprint density at radius 3 is 2.70 bits per heavy atom. The van der Waals surface area contributed by atoms with Crippen molar-refractivity contribution in [2.75, 3.05) is 39.6 Å². The number of hydrogen-bond donors (Lipinski definition) is 2. The minimum absolute atomic E-state index is 0.0224. The number of methoxy groups -OCH3 is 1. The van der Waals surface area contributed by atoms with Gasteiger partial charge in [-0.1, -0.05) is 12.1 Å². The summed E-state index contributed by atoms with van der Waals surface area (Å²) in [5.74, 6) is -0.117. The van der Waals surface area contributed by atoms with Gasteiger partial charge in [0, 0.05) is 25.8 Å². The Morgan fingerprint density at radius 2 is 2.10 bits per heavy atom. The second-order valence-corrected chi connectivity index (χ2v) is 6.67. The molecule has 6 nitrogen and oxygen atoms in total. The van der Waals surface area contributed by atoms with E-state index in [-0.39, 0.29) is 16.5 Å². The molecule has 20 heavy (non-hydrogen) atoms. The molecule has 0 aliphatic heterocycles. The fraction of sp³-hybridized carbons (Fsp3) is 0.462. The molecule has 1 aromatic carbocycles. The molecule has 0 aliphatic carbocycles. The summed E-state index contributed by atoms with van der Waals surface area (Å²) in [5.41, 5.74) is 5.78. The summed E-state index contributed by atoms with van der Waals surface area (Å²) in [6.45, 7) is 1.67. The summed E-state index contributed by atoms with van der Waals surface area (Å²) in [4.78, 5) is 2.10. The lowest BCUT2D eigenvalue weighted by atomic mass is 10.2. The van der Waals surface area contributed by atoms with Crippen molar-refractivity contribution in [3.05, 3.63) is 29.8 Å². The lowest BCUT2D eigenvalue weighted by Gasteiger charge is -2.16. The van der Waals surface area contributed by atoms with Crippen LogP contribution >= 0.6 is 0 Å². The molecule has 1 rings (SSSR count). The highest BCUT2D eigenvalue weighted by atomic mass is 32.2. The molecule has 0 heterocycles. The van der Waals surface area contributed by atoms with Crippen molar-refractivity contribution in [2.24, 2.45) is 5.73 Å². The van der Waals surface area contributed by atoms with Crippen LogP contribution in [0.5, 0.6) is 0 Å². The van der Waals surface area contributed by atoms with Gasteiger partial charge < -0.3 is 15.4 Å². The number of nitrogens with one attached hydrogen (secondary N) is 1. The number of amidine groups is 1. The summed E-state index contributed by atoms with van der Waals surface area (Å²) in [6, 6.07) is 6.17. The van der Waals surface area contributed by atoms with Gasteiger partial charge in [-0.2, -0.15) is 0 Å². The normalized spacial score (nSPS) is 11.8. The topological polar surface area (TPSA) is 96.5 Å². The molecular weight excluding hydrogens is 278 g/mol. The monoisotopic (exact) mass is 299 g/mol.